The van der Waals surface area contributed by atoms with E-state index in [4.69, 9.17) is 10.8 Å². The minimum Gasteiger partial charge on any atom is -0.478 e. The van der Waals surface area contributed by atoms with Gasteiger partial charge < -0.3 is 16.2 Å². The van der Waals surface area contributed by atoms with Gasteiger partial charge in [-0.25, -0.2) is 4.79 Å². The van der Waals surface area contributed by atoms with Gasteiger partial charge in [0.15, 0.2) is 0 Å². The first-order chi connectivity index (χ1) is 8.32. The number of hydrogen-bond donors (Lipinski definition) is 3. The molecule has 0 aliphatic carbocycles. The summed E-state index contributed by atoms with van der Waals surface area (Å²) in [4.78, 5) is 22.7. The molecule has 1 rings (SSSR count). The fourth-order valence-electron chi connectivity index (χ4n) is 1.30. The van der Waals surface area contributed by atoms with Crippen LogP contribution < -0.4 is 11.1 Å². The van der Waals surface area contributed by atoms with Crippen LogP contribution >= 0.6 is 15.9 Å². The van der Waals surface area contributed by atoms with Crippen molar-refractivity contribution >= 4 is 33.5 Å². The molecule has 0 saturated carbocycles. The van der Waals surface area contributed by atoms with Gasteiger partial charge in [0.05, 0.1) is 11.6 Å². The van der Waals surface area contributed by atoms with Crippen molar-refractivity contribution in [3.8, 4) is 0 Å². The molecule has 0 aliphatic heterocycles. The quantitative estimate of drug-likeness (QED) is 0.793. The lowest BCUT2D eigenvalue weighted by Crippen LogP contribution is -2.39. The number of hydrogen-bond acceptors (Lipinski definition) is 3. The van der Waals surface area contributed by atoms with Crippen molar-refractivity contribution in [1.29, 1.82) is 0 Å². The lowest BCUT2D eigenvalue weighted by molar-refractivity contribution is -0.118. The first-order valence-electron chi connectivity index (χ1n) is 5.42. The van der Waals surface area contributed by atoms with Crippen LogP contribution in [0.5, 0.6) is 0 Å². The van der Waals surface area contributed by atoms with Gasteiger partial charge in [-0.05, 0) is 40.0 Å². The minimum atomic E-state index is -1.06. The lowest BCUT2D eigenvalue weighted by Gasteiger charge is -2.15. The number of benzene rings is 1. The van der Waals surface area contributed by atoms with Crippen molar-refractivity contribution in [3.05, 3.63) is 28.2 Å². The van der Waals surface area contributed by atoms with Gasteiger partial charge in [-0.2, -0.15) is 0 Å². The van der Waals surface area contributed by atoms with E-state index in [0.717, 1.165) is 0 Å². The molecular weight excluding hydrogens is 300 g/mol. The number of rotatable bonds is 4. The number of halogens is 1. The first kappa shape index (κ1) is 14.7. The van der Waals surface area contributed by atoms with Crippen LogP contribution in [0, 0.1) is 5.92 Å². The third-order valence-electron chi connectivity index (χ3n) is 2.49. The van der Waals surface area contributed by atoms with Gasteiger partial charge in [0.1, 0.15) is 0 Å². The zero-order valence-corrected chi connectivity index (χ0v) is 11.7. The second-order valence-electron chi connectivity index (χ2n) is 4.26. The van der Waals surface area contributed by atoms with E-state index in [0.29, 0.717) is 10.2 Å². The van der Waals surface area contributed by atoms with Gasteiger partial charge in [0, 0.05) is 10.2 Å². The summed E-state index contributed by atoms with van der Waals surface area (Å²) in [5.74, 6) is -1.38. The van der Waals surface area contributed by atoms with E-state index in [9.17, 15) is 9.59 Å². The van der Waals surface area contributed by atoms with Crippen molar-refractivity contribution in [3.63, 3.8) is 0 Å². The van der Waals surface area contributed by atoms with E-state index < -0.39 is 12.0 Å². The Morgan fingerprint density at radius 3 is 2.50 bits per heavy atom. The normalized spacial score (nSPS) is 12.3. The summed E-state index contributed by atoms with van der Waals surface area (Å²) in [6, 6.07) is 3.95. The van der Waals surface area contributed by atoms with Crippen LogP contribution in [-0.2, 0) is 4.79 Å². The topological polar surface area (TPSA) is 92.4 Å². The Morgan fingerprint density at radius 1 is 1.39 bits per heavy atom. The van der Waals surface area contributed by atoms with Crippen LogP contribution in [0.15, 0.2) is 22.7 Å². The highest BCUT2D eigenvalue weighted by Crippen LogP contribution is 2.21. The van der Waals surface area contributed by atoms with Gasteiger partial charge in [0.2, 0.25) is 5.91 Å². The average molecular weight is 315 g/mol. The molecule has 0 spiro atoms. The van der Waals surface area contributed by atoms with E-state index >= 15 is 0 Å². The number of nitrogens with two attached hydrogens (primary N) is 1. The van der Waals surface area contributed by atoms with Crippen molar-refractivity contribution < 1.29 is 14.7 Å². The highest BCUT2D eigenvalue weighted by Gasteiger charge is 2.18. The molecule has 0 bridgehead atoms. The minimum absolute atomic E-state index is 0.0133. The molecule has 1 unspecified atom stereocenters. The summed E-state index contributed by atoms with van der Waals surface area (Å²) in [6.07, 6.45) is 0. The molecule has 6 heteroatoms. The van der Waals surface area contributed by atoms with Crippen molar-refractivity contribution in [1.82, 2.24) is 0 Å². The largest absolute Gasteiger partial charge is 0.478 e. The summed E-state index contributed by atoms with van der Waals surface area (Å²) in [5, 5.41) is 11.6. The summed E-state index contributed by atoms with van der Waals surface area (Å²) >= 11 is 3.13. The van der Waals surface area contributed by atoms with Crippen LogP contribution in [-0.4, -0.2) is 23.0 Å². The Bertz CT molecular complexity index is 474. The Hall–Kier alpha value is -1.40. The highest BCUT2D eigenvalue weighted by molar-refractivity contribution is 9.10. The van der Waals surface area contributed by atoms with Gasteiger partial charge in [-0.1, -0.05) is 13.8 Å². The number of nitrogens with one attached hydrogen (secondary N) is 1. The number of anilines is 1. The number of carboxylic acids is 1. The maximum atomic E-state index is 11.7. The number of carboxylic acid groups (broad SMARTS) is 1. The van der Waals surface area contributed by atoms with Crippen LogP contribution in [0.25, 0.3) is 0 Å². The van der Waals surface area contributed by atoms with Gasteiger partial charge in [-0.3, -0.25) is 4.79 Å². The zero-order chi connectivity index (χ0) is 13.9. The Morgan fingerprint density at radius 2 is 2.00 bits per heavy atom. The monoisotopic (exact) mass is 314 g/mol. The smallest absolute Gasteiger partial charge is 0.336 e. The molecule has 0 aromatic heterocycles. The van der Waals surface area contributed by atoms with Gasteiger partial charge >= 0.3 is 5.97 Å². The predicted molar refractivity (Wildman–Crippen MR) is 72.5 cm³/mol. The van der Waals surface area contributed by atoms with Crippen LogP contribution in [0.3, 0.4) is 0 Å². The molecule has 1 atom stereocenters. The van der Waals surface area contributed by atoms with E-state index in [2.05, 4.69) is 21.2 Å². The van der Waals surface area contributed by atoms with E-state index in [1.807, 2.05) is 13.8 Å². The standard InChI is InChI=1S/C12H15BrN2O3/c1-6(2)10(14)11(16)15-7-3-4-9(13)8(5-7)12(17)18/h3-6,10H,14H2,1-2H3,(H,15,16)(H,17,18). The molecule has 4 N–H and O–H groups in total. The number of aromatic carboxylic acids is 1. The highest BCUT2D eigenvalue weighted by atomic mass is 79.9. The average Bonchev–Trinajstić information content (AvgIpc) is 2.29. The number of carbonyl (C=O) groups excluding carboxylic acids is 1. The van der Waals surface area contributed by atoms with Crippen LogP contribution in [0.1, 0.15) is 24.2 Å². The number of amides is 1. The van der Waals surface area contributed by atoms with Crippen molar-refractivity contribution in [2.45, 2.75) is 19.9 Å². The Balaban J connectivity index is 2.89. The van der Waals surface area contributed by atoms with E-state index in [1.54, 1.807) is 12.1 Å². The molecule has 0 saturated heterocycles. The van der Waals surface area contributed by atoms with E-state index in [-0.39, 0.29) is 17.4 Å². The first-order valence-corrected chi connectivity index (χ1v) is 6.21. The second-order valence-corrected chi connectivity index (χ2v) is 5.11. The molecule has 0 radical (unpaired) electrons. The Kier molecular flexibility index (Phi) is 4.86. The molecule has 5 nitrogen and oxygen atoms in total. The van der Waals surface area contributed by atoms with E-state index in [1.165, 1.54) is 6.07 Å². The molecular formula is C12H15BrN2O3. The van der Waals surface area contributed by atoms with Gasteiger partial charge in [-0.15, -0.1) is 0 Å². The maximum Gasteiger partial charge on any atom is 0.336 e. The summed E-state index contributed by atoms with van der Waals surface area (Å²) in [7, 11) is 0. The second kappa shape index (κ2) is 5.97. The molecule has 0 fully saturated rings. The third-order valence-corrected chi connectivity index (χ3v) is 3.18. The molecule has 18 heavy (non-hydrogen) atoms. The van der Waals surface area contributed by atoms with Gasteiger partial charge in [0.25, 0.3) is 0 Å². The fraction of sp³-hybridized carbons (Fsp3) is 0.333. The molecule has 0 heterocycles. The molecule has 0 aliphatic rings. The fourth-order valence-corrected chi connectivity index (χ4v) is 1.71. The predicted octanol–water partition coefficient (Wildman–Crippen LogP) is 2.07. The maximum absolute atomic E-state index is 11.7. The summed E-state index contributed by atoms with van der Waals surface area (Å²) in [6.45, 7) is 3.68. The van der Waals surface area contributed by atoms with Crippen LogP contribution in [0.2, 0.25) is 0 Å². The third kappa shape index (κ3) is 3.54. The zero-order valence-electron chi connectivity index (χ0n) is 10.1. The van der Waals surface area contributed by atoms with Crippen molar-refractivity contribution in [2.24, 2.45) is 11.7 Å². The van der Waals surface area contributed by atoms with Crippen LogP contribution in [0.4, 0.5) is 5.69 Å². The lowest BCUT2D eigenvalue weighted by atomic mass is 10.0. The van der Waals surface area contributed by atoms with Crippen molar-refractivity contribution in [2.75, 3.05) is 5.32 Å². The summed E-state index contributed by atoms with van der Waals surface area (Å²) in [5.41, 5.74) is 6.20. The Labute approximate surface area is 113 Å². The molecule has 1 aromatic rings. The number of carbonyl (C=O) groups is 2. The summed E-state index contributed by atoms with van der Waals surface area (Å²) < 4.78 is 0.459. The molecule has 1 aromatic carbocycles. The SMILES string of the molecule is CC(C)C(N)C(=O)Nc1ccc(Br)c(C(=O)O)c1. The molecule has 1 amide bonds. The molecule has 98 valence electrons.